The second-order valence-electron chi connectivity index (χ2n) is 5.51. The Bertz CT molecular complexity index is 415. The molecular formula is C21H30O2. The minimum absolute atomic E-state index is 0.240. The molecule has 0 atom stereocenters. The summed E-state index contributed by atoms with van der Waals surface area (Å²) in [4.78, 5) is 0. The number of aliphatic hydroxyl groups is 1. The van der Waals surface area contributed by atoms with E-state index in [-0.39, 0.29) is 6.61 Å². The van der Waals surface area contributed by atoms with Crippen LogP contribution in [0.25, 0.3) is 0 Å². The maximum Gasteiger partial charge on any atom is 0.0471 e. The Morgan fingerprint density at radius 3 is 1.61 bits per heavy atom. The Kier molecular flexibility index (Phi) is 11.8. The quantitative estimate of drug-likeness (QED) is 0.889. The van der Waals surface area contributed by atoms with Gasteiger partial charge in [-0.2, -0.15) is 0 Å². The molecule has 0 saturated carbocycles. The number of hydrogen-bond donors (Lipinski definition) is 1. The van der Waals surface area contributed by atoms with E-state index in [4.69, 9.17) is 9.84 Å². The third-order valence-corrected chi connectivity index (χ3v) is 3.45. The molecule has 2 aromatic rings. The average molecular weight is 314 g/mol. The van der Waals surface area contributed by atoms with Gasteiger partial charge in [-0.1, -0.05) is 74.0 Å². The molecule has 1 aliphatic rings. The van der Waals surface area contributed by atoms with Crippen LogP contribution in [-0.4, -0.2) is 24.9 Å². The summed E-state index contributed by atoms with van der Waals surface area (Å²) in [6.45, 7) is 4.44. The number of aliphatic hydroxyl groups excluding tert-OH is 1. The largest absolute Gasteiger partial charge is 0.396 e. The van der Waals surface area contributed by atoms with Crippen molar-refractivity contribution in [1.29, 1.82) is 0 Å². The van der Waals surface area contributed by atoms with Gasteiger partial charge in [-0.05, 0) is 36.8 Å². The van der Waals surface area contributed by atoms with Crippen LogP contribution in [0.2, 0.25) is 0 Å². The molecule has 3 rings (SSSR count). The summed E-state index contributed by atoms with van der Waals surface area (Å²) < 4.78 is 4.94. The SMILES string of the molecule is C1CCOC1.CCCc1ccccc1.OCCc1ccccc1. The van der Waals surface area contributed by atoms with Gasteiger partial charge >= 0.3 is 0 Å². The highest BCUT2D eigenvalue weighted by molar-refractivity contribution is 5.15. The molecule has 0 unspecified atom stereocenters. The van der Waals surface area contributed by atoms with Crippen LogP contribution < -0.4 is 0 Å². The van der Waals surface area contributed by atoms with Gasteiger partial charge < -0.3 is 9.84 Å². The summed E-state index contributed by atoms with van der Waals surface area (Å²) in [7, 11) is 0. The molecule has 1 saturated heterocycles. The molecule has 126 valence electrons. The van der Waals surface area contributed by atoms with Gasteiger partial charge in [-0.15, -0.1) is 0 Å². The fourth-order valence-corrected chi connectivity index (χ4v) is 2.22. The van der Waals surface area contributed by atoms with Crippen molar-refractivity contribution in [3.63, 3.8) is 0 Å². The van der Waals surface area contributed by atoms with Crippen molar-refractivity contribution in [3.8, 4) is 0 Å². The second kappa shape index (κ2) is 14.0. The molecule has 1 heterocycles. The highest BCUT2D eigenvalue weighted by Crippen LogP contribution is 2.00. The molecule has 23 heavy (non-hydrogen) atoms. The zero-order valence-electron chi connectivity index (χ0n) is 14.3. The Balaban J connectivity index is 0.000000180. The Labute approximate surface area is 141 Å². The smallest absolute Gasteiger partial charge is 0.0471 e. The van der Waals surface area contributed by atoms with E-state index in [9.17, 15) is 0 Å². The number of ether oxygens (including phenoxy) is 1. The van der Waals surface area contributed by atoms with Gasteiger partial charge in [0, 0.05) is 19.8 Å². The Hall–Kier alpha value is -1.64. The molecular weight excluding hydrogens is 284 g/mol. The lowest BCUT2D eigenvalue weighted by molar-refractivity contribution is 0.198. The van der Waals surface area contributed by atoms with E-state index in [1.807, 2.05) is 30.3 Å². The fraction of sp³-hybridized carbons (Fsp3) is 0.429. The molecule has 1 N–H and O–H groups in total. The van der Waals surface area contributed by atoms with Crippen molar-refractivity contribution in [2.24, 2.45) is 0 Å². The third kappa shape index (κ3) is 10.7. The Morgan fingerprint density at radius 1 is 0.783 bits per heavy atom. The van der Waals surface area contributed by atoms with Crippen LogP contribution in [0.3, 0.4) is 0 Å². The zero-order chi connectivity index (χ0) is 16.6. The van der Waals surface area contributed by atoms with Gasteiger partial charge in [-0.25, -0.2) is 0 Å². The number of rotatable bonds is 4. The number of benzene rings is 2. The van der Waals surface area contributed by atoms with Crippen LogP contribution in [0.4, 0.5) is 0 Å². The molecule has 2 nitrogen and oxygen atoms in total. The minimum Gasteiger partial charge on any atom is -0.396 e. The number of aryl methyl sites for hydroxylation is 1. The molecule has 2 heteroatoms. The summed E-state index contributed by atoms with van der Waals surface area (Å²) >= 11 is 0. The molecule has 0 aromatic heterocycles. The first-order valence-electron chi connectivity index (χ1n) is 8.63. The van der Waals surface area contributed by atoms with E-state index in [1.165, 1.54) is 36.8 Å². The van der Waals surface area contributed by atoms with E-state index >= 15 is 0 Å². The van der Waals surface area contributed by atoms with E-state index < -0.39 is 0 Å². The molecule has 0 radical (unpaired) electrons. The maximum atomic E-state index is 8.52. The van der Waals surface area contributed by atoms with Crippen molar-refractivity contribution in [2.75, 3.05) is 19.8 Å². The fourth-order valence-electron chi connectivity index (χ4n) is 2.22. The summed E-state index contributed by atoms with van der Waals surface area (Å²) in [6.07, 6.45) is 5.77. The predicted molar refractivity (Wildman–Crippen MR) is 97.7 cm³/mol. The van der Waals surface area contributed by atoms with Gasteiger partial charge in [0.2, 0.25) is 0 Å². The summed E-state index contributed by atoms with van der Waals surface area (Å²) in [5.41, 5.74) is 2.64. The normalized spacial score (nSPS) is 12.6. The van der Waals surface area contributed by atoms with Crippen molar-refractivity contribution >= 4 is 0 Å². The first-order valence-corrected chi connectivity index (χ1v) is 8.63. The van der Waals surface area contributed by atoms with Crippen LogP contribution in [-0.2, 0) is 17.6 Å². The highest BCUT2D eigenvalue weighted by Gasteiger charge is 1.94. The van der Waals surface area contributed by atoms with Gasteiger partial charge in [0.05, 0.1) is 0 Å². The monoisotopic (exact) mass is 314 g/mol. The lowest BCUT2D eigenvalue weighted by Gasteiger charge is -1.93. The van der Waals surface area contributed by atoms with Crippen LogP contribution >= 0.6 is 0 Å². The second-order valence-corrected chi connectivity index (χ2v) is 5.51. The van der Waals surface area contributed by atoms with Crippen LogP contribution in [0.15, 0.2) is 60.7 Å². The number of hydrogen-bond acceptors (Lipinski definition) is 2. The average Bonchev–Trinajstić information content (AvgIpc) is 3.18. The van der Waals surface area contributed by atoms with E-state index in [2.05, 4.69) is 37.3 Å². The standard InChI is InChI=1S/C9H12.C8H10O.C4H8O/c1-2-6-9-7-4-3-5-8-9;9-7-6-8-4-2-1-3-5-8;1-2-4-5-3-1/h3-5,7-8H,2,6H2,1H3;1-5,9H,6-7H2;1-4H2. The van der Waals surface area contributed by atoms with E-state index in [1.54, 1.807) is 0 Å². The summed E-state index contributed by atoms with van der Waals surface area (Å²) in [5, 5.41) is 8.52. The maximum absolute atomic E-state index is 8.52. The molecule has 1 aliphatic heterocycles. The van der Waals surface area contributed by atoms with E-state index in [0.29, 0.717) is 0 Å². The van der Waals surface area contributed by atoms with Crippen molar-refractivity contribution in [2.45, 2.75) is 39.0 Å². The molecule has 0 aliphatic carbocycles. The third-order valence-electron chi connectivity index (χ3n) is 3.45. The van der Waals surface area contributed by atoms with Crippen LogP contribution in [0.5, 0.6) is 0 Å². The van der Waals surface area contributed by atoms with Crippen molar-refractivity contribution < 1.29 is 9.84 Å². The van der Waals surface area contributed by atoms with Gasteiger partial charge in [0.15, 0.2) is 0 Å². The van der Waals surface area contributed by atoms with Gasteiger partial charge in [0.1, 0.15) is 0 Å². The van der Waals surface area contributed by atoms with Crippen molar-refractivity contribution in [3.05, 3.63) is 71.8 Å². The van der Waals surface area contributed by atoms with Gasteiger partial charge in [-0.3, -0.25) is 0 Å². The van der Waals surface area contributed by atoms with E-state index in [0.717, 1.165) is 19.6 Å². The highest BCUT2D eigenvalue weighted by atomic mass is 16.5. The molecule has 0 bridgehead atoms. The van der Waals surface area contributed by atoms with Crippen LogP contribution in [0, 0.1) is 0 Å². The molecule has 0 amide bonds. The topological polar surface area (TPSA) is 29.5 Å². The lowest BCUT2D eigenvalue weighted by Crippen LogP contribution is -1.88. The van der Waals surface area contributed by atoms with Crippen molar-refractivity contribution in [1.82, 2.24) is 0 Å². The summed E-state index contributed by atoms with van der Waals surface area (Å²) in [5.74, 6) is 0. The molecule has 2 aromatic carbocycles. The molecule has 1 fully saturated rings. The van der Waals surface area contributed by atoms with Gasteiger partial charge in [0.25, 0.3) is 0 Å². The minimum atomic E-state index is 0.240. The first kappa shape index (κ1) is 19.4. The predicted octanol–water partition coefficient (Wildman–Crippen LogP) is 4.66. The summed E-state index contributed by atoms with van der Waals surface area (Å²) in [6, 6.07) is 20.5. The molecule has 0 spiro atoms. The van der Waals surface area contributed by atoms with Crippen LogP contribution in [0.1, 0.15) is 37.3 Å². The zero-order valence-corrected chi connectivity index (χ0v) is 14.3. The first-order chi connectivity index (χ1) is 11.4. The Morgan fingerprint density at radius 2 is 1.26 bits per heavy atom. The lowest BCUT2D eigenvalue weighted by atomic mass is 10.1.